The maximum atomic E-state index is 12.9. The maximum Gasteiger partial charge on any atom is 0.257 e. The van der Waals surface area contributed by atoms with Crippen molar-refractivity contribution in [3.05, 3.63) is 75.3 Å². The number of pyridine rings is 2. The topological polar surface area (TPSA) is 87.7 Å². The number of hydrogen-bond donors (Lipinski definition) is 1. The Labute approximate surface area is 215 Å². The molecule has 3 aromatic rings. The van der Waals surface area contributed by atoms with E-state index in [9.17, 15) is 9.59 Å². The molecule has 0 aliphatic carbocycles. The molecule has 4 heterocycles. The second-order valence-electron chi connectivity index (χ2n) is 9.20. The Morgan fingerprint density at radius 3 is 2.61 bits per heavy atom. The van der Waals surface area contributed by atoms with Gasteiger partial charge in [-0.1, -0.05) is 17.7 Å². The minimum Gasteiger partial charge on any atom is -0.493 e. The lowest BCUT2D eigenvalue weighted by Gasteiger charge is -2.17. The van der Waals surface area contributed by atoms with Crippen LogP contribution in [0.2, 0.25) is 5.02 Å². The fraction of sp³-hybridized carbons (Fsp3) is 0.333. The van der Waals surface area contributed by atoms with Gasteiger partial charge in [0.15, 0.2) is 5.75 Å². The van der Waals surface area contributed by atoms with Crippen molar-refractivity contribution in [2.45, 2.75) is 32.7 Å². The van der Waals surface area contributed by atoms with Crippen LogP contribution < -0.4 is 10.1 Å². The number of amides is 2. The molecule has 2 aliphatic heterocycles. The van der Waals surface area contributed by atoms with Crippen LogP contribution in [0.3, 0.4) is 0 Å². The SMILES string of the molecule is COc1c(Cl)cccc1Nc1cc(Cc2ccc(C(=O)N3CCCC3)c(C)n2)nc2c1C(=O)N(C)C2. The van der Waals surface area contributed by atoms with E-state index in [1.165, 1.54) is 0 Å². The first kappa shape index (κ1) is 24.1. The number of aryl methyl sites for hydroxylation is 1. The molecule has 36 heavy (non-hydrogen) atoms. The third kappa shape index (κ3) is 4.48. The lowest BCUT2D eigenvalue weighted by Crippen LogP contribution is -2.28. The quantitative estimate of drug-likeness (QED) is 0.526. The van der Waals surface area contributed by atoms with Crippen LogP contribution in [-0.2, 0) is 13.0 Å². The molecule has 1 fully saturated rings. The van der Waals surface area contributed by atoms with Gasteiger partial charge in [0, 0.05) is 37.9 Å². The molecule has 0 saturated carbocycles. The van der Waals surface area contributed by atoms with Crippen LogP contribution in [0.5, 0.6) is 5.75 Å². The number of aromatic nitrogens is 2. The molecule has 0 unspecified atom stereocenters. The predicted octanol–water partition coefficient (Wildman–Crippen LogP) is 4.60. The minimum atomic E-state index is -0.0914. The van der Waals surface area contributed by atoms with Crippen LogP contribution in [0, 0.1) is 6.92 Å². The van der Waals surface area contributed by atoms with E-state index in [1.807, 2.05) is 42.2 Å². The average molecular weight is 506 g/mol. The molecule has 1 N–H and O–H groups in total. The molecule has 2 amide bonds. The fourth-order valence-electron chi connectivity index (χ4n) is 4.86. The number of halogens is 1. The molecule has 0 bridgehead atoms. The smallest absolute Gasteiger partial charge is 0.257 e. The highest BCUT2D eigenvalue weighted by Crippen LogP contribution is 2.37. The first-order valence-corrected chi connectivity index (χ1v) is 12.4. The summed E-state index contributed by atoms with van der Waals surface area (Å²) in [7, 11) is 3.31. The summed E-state index contributed by atoms with van der Waals surface area (Å²) in [6.07, 6.45) is 2.57. The average Bonchev–Trinajstić information content (AvgIpc) is 3.48. The van der Waals surface area contributed by atoms with Crippen LogP contribution in [-0.4, -0.2) is 58.8 Å². The molecule has 0 atom stereocenters. The summed E-state index contributed by atoms with van der Waals surface area (Å²) in [5, 5.41) is 3.81. The summed E-state index contributed by atoms with van der Waals surface area (Å²) in [5.41, 5.74) is 5.48. The van der Waals surface area contributed by atoms with E-state index in [4.69, 9.17) is 26.3 Å². The van der Waals surface area contributed by atoms with Crippen molar-refractivity contribution in [2.24, 2.45) is 0 Å². The van der Waals surface area contributed by atoms with Gasteiger partial charge < -0.3 is 19.9 Å². The first-order chi connectivity index (χ1) is 17.4. The Morgan fingerprint density at radius 1 is 1.11 bits per heavy atom. The monoisotopic (exact) mass is 505 g/mol. The molecule has 0 radical (unpaired) electrons. The molecule has 9 heteroatoms. The van der Waals surface area contributed by atoms with Crippen LogP contribution in [0.4, 0.5) is 11.4 Å². The van der Waals surface area contributed by atoms with Gasteiger partial charge in [-0.25, -0.2) is 0 Å². The predicted molar refractivity (Wildman–Crippen MR) is 138 cm³/mol. The number of ether oxygens (including phenoxy) is 1. The number of nitrogens with zero attached hydrogens (tertiary/aromatic N) is 4. The number of para-hydroxylation sites is 1. The number of anilines is 2. The van der Waals surface area contributed by atoms with Crippen LogP contribution in [0.1, 0.15) is 56.3 Å². The van der Waals surface area contributed by atoms with Crippen molar-refractivity contribution in [3.8, 4) is 5.75 Å². The summed E-state index contributed by atoms with van der Waals surface area (Å²) in [5.74, 6) is 0.454. The minimum absolute atomic E-state index is 0.0446. The first-order valence-electron chi connectivity index (χ1n) is 12.0. The van der Waals surface area contributed by atoms with Gasteiger partial charge in [-0.2, -0.15) is 0 Å². The summed E-state index contributed by atoms with van der Waals surface area (Å²) in [6.45, 7) is 3.91. The van der Waals surface area contributed by atoms with Gasteiger partial charge in [0.1, 0.15) is 0 Å². The second kappa shape index (κ2) is 9.78. The Hall–Kier alpha value is -3.65. The summed E-state index contributed by atoms with van der Waals surface area (Å²) < 4.78 is 5.48. The van der Waals surface area contributed by atoms with Crippen molar-refractivity contribution in [1.29, 1.82) is 0 Å². The molecule has 5 rings (SSSR count). The third-order valence-corrected chi connectivity index (χ3v) is 6.96. The van der Waals surface area contributed by atoms with E-state index in [0.29, 0.717) is 57.6 Å². The van der Waals surface area contributed by atoms with Crippen molar-refractivity contribution >= 4 is 34.8 Å². The molecule has 1 aromatic carbocycles. The van der Waals surface area contributed by atoms with E-state index < -0.39 is 0 Å². The Morgan fingerprint density at radius 2 is 1.89 bits per heavy atom. The number of hydrogen-bond acceptors (Lipinski definition) is 6. The van der Waals surface area contributed by atoms with E-state index in [2.05, 4.69) is 5.32 Å². The zero-order valence-corrected chi connectivity index (χ0v) is 21.4. The van der Waals surface area contributed by atoms with Crippen molar-refractivity contribution < 1.29 is 14.3 Å². The van der Waals surface area contributed by atoms with Gasteiger partial charge in [0.2, 0.25) is 0 Å². The standard InChI is InChI=1S/C27H28ClN5O3/c1-16-19(26(34)33-11-4-5-12-33)10-9-17(29-16)13-18-14-22(24-23(30-18)15-32(2)27(24)35)31-21-8-6-7-20(28)25(21)36-3/h6-10,14H,4-5,11-13,15H2,1-3H3,(H,30,31). The van der Waals surface area contributed by atoms with Gasteiger partial charge in [0.05, 0.1) is 52.6 Å². The van der Waals surface area contributed by atoms with Crippen molar-refractivity contribution in [1.82, 2.24) is 19.8 Å². The fourth-order valence-corrected chi connectivity index (χ4v) is 5.11. The summed E-state index contributed by atoms with van der Waals surface area (Å²) in [6, 6.07) is 11.0. The number of benzene rings is 1. The highest BCUT2D eigenvalue weighted by atomic mass is 35.5. The van der Waals surface area contributed by atoms with Crippen LogP contribution in [0.15, 0.2) is 36.4 Å². The van der Waals surface area contributed by atoms with Crippen molar-refractivity contribution in [3.63, 3.8) is 0 Å². The lowest BCUT2D eigenvalue weighted by atomic mass is 10.1. The zero-order valence-electron chi connectivity index (χ0n) is 20.6. The lowest BCUT2D eigenvalue weighted by molar-refractivity contribution is 0.0789. The molecule has 2 aromatic heterocycles. The van der Waals surface area contributed by atoms with Crippen LogP contribution in [0.25, 0.3) is 0 Å². The number of methoxy groups -OCH3 is 1. The van der Waals surface area contributed by atoms with E-state index in [1.54, 1.807) is 25.1 Å². The van der Waals surface area contributed by atoms with Gasteiger partial charge in [-0.3, -0.25) is 19.6 Å². The van der Waals surface area contributed by atoms with Crippen molar-refractivity contribution in [2.75, 3.05) is 32.6 Å². The molecular formula is C27H28ClN5O3. The Kier molecular flexibility index (Phi) is 6.53. The highest BCUT2D eigenvalue weighted by molar-refractivity contribution is 6.32. The Balaban J connectivity index is 1.46. The molecule has 8 nitrogen and oxygen atoms in total. The molecule has 2 aliphatic rings. The van der Waals surface area contributed by atoms with E-state index in [0.717, 1.165) is 37.3 Å². The summed E-state index contributed by atoms with van der Waals surface area (Å²) >= 11 is 6.31. The normalized spacial score (nSPS) is 14.8. The third-order valence-electron chi connectivity index (χ3n) is 6.66. The number of rotatable bonds is 6. The second-order valence-corrected chi connectivity index (χ2v) is 9.61. The van der Waals surface area contributed by atoms with Gasteiger partial charge in [-0.15, -0.1) is 0 Å². The number of carbonyl (C=O) groups excluding carboxylic acids is 2. The molecule has 1 saturated heterocycles. The number of nitrogens with one attached hydrogen (secondary N) is 1. The molecule has 0 spiro atoms. The molecule has 186 valence electrons. The number of carbonyl (C=O) groups is 2. The summed E-state index contributed by atoms with van der Waals surface area (Å²) in [4.78, 5) is 38.8. The van der Waals surface area contributed by atoms with E-state index in [-0.39, 0.29) is 11.8 Å². The highest BCUT2D eigenvalue weighted by Gasteiger charge is 2.30. The maximum absolute atomic E-state index is 12.9. The molecular weight excluding hydrogens is 478 g/mol. The zero-order chi connectivity index (χ0) is 25.4. The van der Waals surface area contributed by atoms with Gasteiger partial charge in [0.25, 0.3) is 11.8 Å². The largest absolute Gasteiger partial charge is 0.493 e. The number of fused-ring (bicyclic) bond motifs is 1. The van der Waals surface area contributed by atoms with E-state index >= 15 is 0 Å². The Bertz CT molecular complexity index is 1350. The van der Waals surface area contributed by atoms with Crippen LogP contribution >= 0.6 is 11.6 Å². The van der Waals surface area contributed by atoms with Gasteiger partial charge in [-0.05, 0) is 50.1 Å². The van der Waals surface area contributed by atoms with Gasteiger partial charge >= 0.3 is 0 Å². The number of likely N-dealkylation sites (tertiary alicyclic amines) is 1.